The summed E-state index contributed by atoms with van der Waals surface area (Å²) in [5.74, 6) is 0.775. The third-order valence-corrected chi connectivity index (χ3v) is 4.59. The second kappa shape index (κ2) is 6.24. The van der Waals surface area contributed by atoms with E-state index in [4.69, 9.17) is 11.6 Å². The third-order valence-electron chi connectivity index (χ3n) is 4.40. The van der Waals surface area contributed by atoms with Crippen molar-refractivity contribution < 1.29 is 5.11 Å². The van der Waals surface area contributed by atoms with Gasteiger partial charge in [-0.3, -0.25) is 4.90 Å². The summed E-state index contributed by atoms with van der Waals surface area (Å²) < 4.78 is 0. The Balaban J connectivity index is 1.67. The number of halogens is 1. The molecule has 3 heterocycles. The van der Waals surface area contributed by atoms with Gasteiger partial charge in [-0.05, 0) is 32.2 Å². The first-order chi connectivity index (χ1) is 9.78. The van der Waals surface area contributed by atoms with E-state index >= 15 is 0 Å². The summed E-state index contributed by atoms with van der Waals surface area (Å²) in [6, 6.07) is 0.784. The van der Waals surface area contributed by atoms with Gasteiger partial charge in [0.2, 0.25) is 5.95 Å². The van der Waals surface area contributed by atoms with E-state index in [1.54, 1.807) is 12.4 Å². The van der Waals surface area contributed by atoms with Gasteiger partial charge in [-0.25, -0.2) is 9.97 Å². The lowest BCUT2D eigenvalue weighted by Gasteiger charge is -2.31. The fraction of sp³-hybridized carbons (Fsp3) is 0.714. The summed E-state index contributed by atoms with van der Waals surface area (Å²) in [4.78, 5) is 13.4. The van der Waals surface area contributed by atoms with Crippen LogP contribution in [0.5, 0.6) is 0 Å². The monoisotopic (exact) mass is 296 g/mol. The lowest BCUT2D eigenvalue weighted by atomic mass is 10.2. The van der Waals surface area contributed by atoms with Crippen LogP contribution >= 0.6 is 11.6 Å². The summed E-state index contributed by atoms with van der Waals surface area (Å²) >= 11 is 5.85. The van der Waals surface area contributed by atoms with Gasteiger partial charge < -0.3 is 10.0 Å². The van der Waals surface area contributed by atoms with Crippen LogP contribution in [0.25, 0.3) is 0 Å². The second-order valence-electron chi connectivity index (χ2n) is 5.66. The van der Waals surface area contributed by atoms with Gasteiger partial charge in [-0.15, -0.1) is 0 Å². The Kier molecular flexibility index (Phi) is 4.38. The Morgan fingerprint density at radius 3 is 2.60 bits per heavy atom. The predicted octanol–water partition coefficient (Wildman–Crippen LogP) is 1.56. The molecule has 5 nitrogen and oxygen atoms in total. The highest BCUT2D eigenvalue weighted by atomic mass is 35.5. The number of hydrogen-bond donors (Lipinski definition) is 1. The van der Waals surface area contributed by atoms with Crippen LogP contribution in [0.2, 0.25) is 5.02 Å². The standard InChI is InChI=1S/C14H21ClN4O/c15-11-7-16-14(17-8-11)19-6-2-3-12(19)9-18-5-1-4-13(18)10-20/h7-8,12-13,20H,1-6,9-10H2. The summed E-state index contributed by atoms with van der Waals surface area (Å²) in [7, 11) is 0. The van der Waals surface area contributed by atoms with E-state index in [2.05, 4.69) is 19.8 Å². The molecule has 1 N–H and O–H groups in total. The van der Waals surface area contributed by atoms with Crippen molar-refractivity contribution >= 4 is 17.5 Å². The Labute approximate surface area is 124 Å². The number of aliphatic hydroxyl groups excluding tert-OH is 1. The molecule has 2 aliphatic heterocycles. The first-order valence-corrected chi connectivity index (χ1v) is 7.75. The van der Waals surface area contributed by atoms with Gasteiger partial charge >= 0.3 is 0 Å². The molecule has 2 unspecified atom stereocenters. The lowest BCUT2D eigenvalue weighted by molar-refractivity contribution is 0.153. The zero-order valence-electron chi connectivity index (χ0n) is 11.6. The molecule has 0 amide bonds. The smallest absolute Gasteiger partial charge is 0.225 e. The van der Waals surface area contributed by atoms with E-state index in [0.717, 1.165) is 32.0 Å². The topological polar surface area (TPSA) is 52.5 Å². The van der Waals surface area contributed by atoms with E-state index in [-0.39, 0.29) is 6.61 Å². The number of likely N-dealkylation sites (tertiary alicyclic amines) is 1. The molecule has 0 spiro atoms. The number of anilines is 1. The molecule has 1 aromatic heterocycles. The minimum Gasteiger partial charge on any atom is -0.395 e. The first-order valence-electron chi connectivity index (χ1n) is 7.37. The molecule has 0 aliphatic carbocycles. The predicted molar refractivity (Wildman–Crippen MR) is 79.1 cm³/mol. The average Bonchev–Trinajstić information content (AvgIpc) is 3.09. The van der Waals surface area contributed by atoms with Crippen molar-refractivity contribution in [2.45, 2.75) is 37.8 Å². The second-order valence-corrected chi connectivity index (χ2v) is 6.10. The normalized spacial score (nSPS) is 27.4. The molecule has 0 radical (unpaired) electrons. The Bertz CT molecular complexity index is 441. The SMILES string of the molecule is OCC1CCCN1CC1CCCN1c1ncc(Cl)cn1. The van der Waals surface area contributed by atoms with Gasteiger partial charge in [0.25, 0.3) is 0 Å². The number of nitrogens with zero attached hydrogens (tertiary/aromatic N) is 4. The van der Waals surface area contributed by atoms with E-state index in [1.165, 1.54) is 19.3 Å². The van der Waals surface area contributed by atoms with Crippen molar-refractivity contribution in [3.05, 3.63) is 17.4 Å². The van der Waals surface area contributed by atoms with E-state index < -0.39 is 0 Å². The molecule has 2 aliphatic rings. The van der Waals surface area contributed by atoms with Crippen LogP contribution in [0.3, 0.4) is 0 Å². The largest absolute Gasteiger partial charge is 0.395 e. The fourth-order valence-electron chi connectivity index (χ4n) is 3.36. The van der Waals surface area contributed by atoms with E-state index in [1.807, 2.05) is 0 Å². The molecule has 2 saturated heterocycles. The van der Waals surface area contributed by atoms with Gasteiger partial charge in [0.1, 0.15) is 0 Å². The van der Waals surface area contributed by atoms with Crippen LogP contribution in [0.1, 0.15) is 25.7 Å². The van der Waals surface area contributed by atoms with Crippen molar-refractivity contribution in [3.63, 3.8) is 0 Å². The summed E-state index contributed by atoms with van der Waals surface area (Å²) in [6.45, 7) is 3.36. The molecular weight excluding hydrogens is 276 g/mol. The van der Waals surface area contributed by atoms with Gasteiger partial charge in [0.15, 0.2) is 0 Å². The molecule has 2 atom stereocenters. The highest BCUT2D eigenvalue weighted by molar-refractivity contribution is 6.30. The fourth-order valence-corrected chi connectivity index (χ4v) is 3.45. The molecule has 0 saturated carbocycles. The zero-order valence-corrected chi connectivity index (χ0v) is 12.3. The zero-order chi connectivity index (χ0) is 13.9. The summed E-state index contributed by atoms with van der Waals surface area (Å²) in [6.07, 6.45) is 7.96. The molecule has 2 fully saturated rings. The van der Waals surface area contributed by atoms with Crippen molar-refractivity contribution in [2.75, 3.05) is 31.1 Å². The van der Waals surface area contributed by atoms with Crippen molar-refractivity contribution in [2.24, 2.45) is 0 Å². The van der Waals surface area contributed by atoms with Crippen LogP contribution in [-0.2, 0) is 0 Å². The van der Waals surface area contributed by atoms with Crippen molar-refractivity contribution in [3.8, 4) is 0 Å². The third kappa shape index (κ3) is 2.90. The molecule has 0 bridgehead atoms. The Morgan fingerprint density at radius 1 is 1.15 bits per heavy atom. The number of aromatic nitrogens is 2. The van der Waals surface area contributed by atoms with Crippen molar-refractivity contribution in [1.82, 2.24) is 14.9 Å². The molecule has 6 heteroatoms. The number of aliphatic hydroxyl groups is 1. The highest BCUT2D eigenvalue weighted by Crippen LogP contribution is 2.26. The highest BCUT2D eigenvalue weighted by Gasteiger charge is 2.32. The first kappa shape index (κ1) is 14.0. The van der Waals surface area contributed by atoms with Gasteiger partial charge in [0, 0.05) is 25.2 Å². The minimum atomic E-state index is 0.268. The number of hydrogen-bond acceptors (Lipinski definition) is 5. The van der Waals surface area contributed by atoms with Crippen molar-refractivity contribution in [1.29, 1.82) is 0 Å². The van der Waals surface area contributed by atoms with Crippen LogP contribution in [0.4, 0.5) is 5.95 Å². The molecular formula is C14H21ClN4O. The maximum absolute atomic E-state index is 9.43. The Morgan fingerprint density at radius 2 is 1.85 bits per heavy atom. The lowest BCUT2D eigenvalue weighted by Crippen LogP contribution is -2.44. The van der Waals surface area contributed by atoms with Gasteiger partial charge in [-0.2, -0.15) is 0 Å². The van der Waals surface area contributed by atoms with Crippen LogP contribution in [0, 0.1) is 0 Å². The molecule has 0 aromatic carbocycles. The quantitative estimate of drug-likeness (QED) is 0.914. The van der Waals surface area contributed by atoms with Crippen LogP contribution in [-0.4, -0.2) is 58.3 Å². The molecule has 3 rings (SSSR count). The maximum Gasteiger partial charge on any atom is 0.225 e. The minimum absolute atomic E-state index is 0.268. The number of rotatable bonds is 4. The average molecular weight is 297 g/mol. The van der Waals surface area contributed by atoms with Crippen LogP contribution < -0.4 is 4.90 Å². The van der Waals surface area contributed by atoms with E-state index in [9.17, 15) is 5.11 Å². The van der Waals surface area contributed by atoms with Gasteiger partial charge in [0.05, 0.1) is 24.0 Å². The molecule has 20 heavy (non-hydrogen) atoms. The molecule has 1 aromatic rings. The summed E-state index contributed by atoms with van der Waals surface area (Å²) in [5, 5.41) is 10.0. The Hall–Kier alpha value is -0.910. The van der Waals surface area contributed by atoms with E-state index in [0.29, 0.717) is 17.1 Å². The van der Waals surface area contributed by atoms with Crippen LogP contribution in [0.15, 0.2) is 12.4 Å². The summed E-state index contributed by atoms with van der Waals surface area (Å²) in [5.41, 5.74) is 0. The molecule has 110 valence electrons. The maximum atomic E-state index is 9.43. The van der Waals surface area contributed by atoms with Gasteiger partial charge in [-0.1, -0.05) is 11.6 Å².